The summed E-state index contributed by atoms with van der Waals surface area (Å²) in [5.74, 6) is -1.26. The molecule has 0 aliphatic rings. The van der Waals surface area contributed by atoms with Crippen LogP contribution in [-0.4, -0.2) is 39.9 Å². The lowest BCUT2D eigenvalue weighted by Crippen LogP contribution is -2.44. The molecule has 1 heterocycles. The van der Waals surface area contributed by atoms with Crippen molar-refractivity contribution in [2.45, 2.75) is 26.3 Å². The van der Waals surface area contributed by atoms with Crippen molar-refractivity contribution in [3.05, 3.63) is 17.0 Å². The first-order valence-electron chi connectivity index (χ1n) is 5.00. The zero-order valence-corrected chi connectivity index (χ0v) is 9.56. The van der Waals surface area contributed by atoms with Crippen molar-refractivity contribution in [2.75, 3.05) is 6.61 Å². The number of hydrogen-bond acceptors (Lipinski definition) is 5. The molecule has 0 unspecified atom stereocenters. The quantitative estimate of drug-likeness (QED) is 0.635. The van der Waals surface area contributed by atoms with Gasteiger partial charge in [0.2, 0.25) is 5.91 Å². The fraction of sp³-hybridized carbons (Fsp3) is 0.500. The molecule has 0 fully saturated rings. The van der Waals surface area contributed by atoms with Crippen molar-refractivity contribution < 1.29 is 24.3 Å². The van der Waals surface area contributed by atoms with E-state index in [1.54, 1.807) is 13.8 Å². The SMILES string of the molecule is Cc1noc(C)c1CC(=O)N[C@H](CO)C(=O)O. The van der Waals surface area contributed by atoms with Crippen molar-refractivity contribution in [1.82, 2.24) is 10.5 Å². The van der Waals surface area contributed by atoms with E-state index < -0.39 is 24.5 Å². The lowest BCUT2D eigenvalue weighted by atomic mass is 10.1. The van der Waals surface area contributed by atoms with E-state index in [1.807, 2.05) is 0 Å². The average Bonchev–Trinajstić information content (AvgIpc) is 2.57. The largest absolute Gasteiger partial charge is 0.480 e. The summed E-state index contributed by atoms with van der Waals surface area (Å²) in [6, 6.07) is -1.29. The Morgan fingerprint density at radius 1 is 1.47 bits per heavy atom. The van der Waals surface area contributed by atoms with Crippen LogP contribution in [0.4, 0.5) is 0 Å². The highest BCUT2D eigenvalue weighted by molar-refractivity contribution is 5.85. The molecule has 0 aliphatic carbocycles. The van der Waals surface area contributed by atoms with Crippen LogP contribution in [0.25, 0.3) is 0 Å². The van der Waals surface area contributed by atoms with Crippen LogP contribution in [0.15, 0.2) is 4.52 Å². The third kappa shape index (κ3) is 3.28. The van der Waals surface area contributed by atoms with Gasteiger partial charge in [-0.25, -0.2) is 4.79 Å². The Kier molecular flexibility index (Phi) is 4.22. The fourth-order valence-corrected chi connectivity index (χ4v) is 1.35. The van der Waals surface area contributed by atoms with E-state index in [-0.39, 0.29) is 6.42 Å². The Morgan fingerprint density at radius 2 is 2.12 bits per heavy atom. The molecule has 94 valence electrons. The van der Waals surface area contributed by atoms with E-state index in [0.717, 1.165) is 0 Å². The summed E-state index contributed by atoms with van der Waals surface area (Å²) < 4.78 is 4.88. The van der Waals surface area contributed by atoms with Crippen molar-refractivity contribution in [3.8, 4) is 0 Å². The summed E-state index contributed by atoms with van der Waals surface area (Å²) in [5, 5.41) is 23.3. The van der Waals surface area contributed by atoms with Gasteiger partial charge in [0.15, 0.2) is 0 Å². The summed E-state index contributed by atoms with van der Waals surface area (Å²) >= 11 is 0. The first kappa shape index (κ1) is 13.2. The fourth-order valence-electron chi connectivity index (χ4n) is 1.35. The molecular formula is C10H14N2O5. The maximum Gasteiger partial charge on any atom is 0.328 e. The van der Waals surface area contributed by atoms with Gasteiger partial charge in [-0.1, -0.05) is 5.16 Å². The van der Waals surface area contributed by atoms with Gasteiger partial charge in [0.1, 0.15) is 11.8 Å². The van der Waals surface area contributed by atoms with Crippen molar-refractivity contribution in [2.24, 2.45) is 0 Å². The number of rotatable bonds is 5. The molecule has 1 aromatic heterocycles. The van der Waals surface area contributed by atoms with Crippen LogP contribution in [0.5, 0.6) is 0 Å². The van der Waals surface area contributed by atoms with Gasteiger partial charge in [0.25, 0.3) is 0 Å². The monoisotopic (exact) mass is 242 g/mol. The third-order valence-corrected chi connectivity index (χ3v) is 2.33. The third-order valence-electron chi connectivity index (χ3n) is 2.33. The van der Waals surface area contributed by atoms with Crippen LogP contribution < -0.4 is 5.32 Å². The summed E-state index contributed by atoms with van der Waals surface area (Å²) in [4.78, 5) is 22.1. The summed E-state index contributed by atoms with van der Waals surface area (Å²) in [6.45, 7) is 2.71. The Morgan fingerprint density at radius 3 is 2.53 bits per heavy atom. The molecule has 1 atom stereocenters. The number of nitrogens with one attached hydrogen (secondary N) is 1. The number of carboxylic acid groups (broad SMARTS) is 1. The molecule has 0 radical (unpaired) electrons. The number of carbonyl (C=O) groups excluding carboxylic acids is 1. The number of amides is 1. The Labute approximate surface area is 97.4 Å². The maximum atomic E-state index is 11.5. The average molecular weight is 242 g/mol. The highest BCUT2D eigenvalue weighted by Crippen LogP contribution is 2.12. The molecule has 0 aromatic carbocycles. The Bertz CT molecular complexity index is 407. The lowest BCUT2D eigenvalue weighted by Gasteiger charge is -2.11. The molecule has 1 aromatic rings. The van der Waals surface area contributed by atoms with Crippen LogP contribution in [0.2, 0.25) is 0 Å². The second-order valence-electron chi connectivity index (χ2n) is 3.62. The predicted octanol–water partition coefficient (Wildman–Crippen LogP) is -0.604. The molecule has 7 nitrogen and oxygen atoms in total. The van der Waals surface area contributed by atoms with Gasteiger partial charge >= 0.3 is 5.97 Å². The molecule has 0 spiro atoms. The van der Waals surface area contributed by atoms with Crippen LogP contribution in [0.3, 0.4) is 0 Å². The second-order valence-corrected chi connectivity index (χ2v) is 3.62. The molecular weight excluding hydrogens is 228 g/mol. The van der Waals surface area contributed by atoms with Gasteiger partial charge < -0.3 is 20.1 Å². The van der Waals surface area contributed by atoms with Gasteiger partial charge in [0, 0.05) is 5.56 Å². The normalized spacial score (nSPS) is 12.2. The van der Waals surface area contributed by atoms with E-state index in [1.165, 1.54) is 0 Å². The zero-order chi connectivity index (χ0) is 13.0. The van der Waals surface area contributed by atoms with Crippen molar-refractivity contribution >= 4 is 11.9 Å². The summed E-state index contributed by atoms with van der Waals surface area (Å²) in [5.41, 5.74) is 1.22. The first-order chi connectivity index (χ1) is 7.95. The predicted molar refractivity (Wildman–Crippen MR) is 56.3 cm³/mol. The zero-order valence-electron chi connectivity index (χ0n) is 9.56. The number of aliphatic hydroxyl groups is 1. The van der Waals surface area contributed by atoms with Crippen LogP contribution in [0, 0.1) is 13.8 Å². The van der Waals surface area contributed by atoms with E-state index in [0.29, 0.717) is 17.0 Å². The number of aliphatic hydroxyl groups excluding tert-OH is 1. The van der Waals surface area contributed by atoms with Gasteiger partial charge in [-0.2, -0.15) is 0 Å². The highest BCUT2D eigenvalue weighted by Gasteiger charge is 2.20. The van der Waals surface area contributed by atoms with Gasteiger partial charge in [0.05, 0.1) is 18.7 Å². The van der Waals surface area contributed by atoms with E-state index in [9.17, 15) is 9.59 Å². The molecule has 0 saturated heterocycles. The summed E-state index contributed by atoms with van der Waals surface area (Å²) in [7, 11) is 0. The van der Waals surface area contributed by atoms with Crippen LogP contribution in [-0.2, 0) is 16.0 Å². The van der Waals surface area contributed by atoms with Gasteiger partial charge in [-0.3, -0.25) is 4.79 Å². The number of nitrogens with zero attached hydrogens (tertiary/aromatic N) is 1. The molecule has 0 saturated carbocycles. The van der Waals surface area contributed by atoms with E-state index >= 15 is 0 Å². The van der Waals surface area contributed by atoms with E-state index in [4.69, 9.17) is 14.7 Å². The molecule has 1 rings (SSSR count). The molecule has 7 heteroatoms. The number of carbonyl (C=O) groups is 2. The number of carboxylic acids is 1. The molecule has 3 N–H and O–H groups in total. The molecule has 0 aliphatic heterocycles. The minimum absolute atomic E-state index is 0.0229. The second kappa shape index (κ2) is 5.44. The van der Waals surface area contributed by atoms with E-state index in [2.05, 4.69) is 10.5 Å². The number of aromatic nitrogens is 1. The van der Waals surface area contributed by atoms with Crippen molar-refractivity contribution in [1.29, 1.82) is 0 Å². The van der Waals surface area contributed by atoms with Gasteiger partial charge in [-0.05, 0) is 13.8 Å². The highest BCUT2D eigenvalue weighted by atomic mass is 16.5. The number of aliphatic carboxylic acids is 1. The van der Waals surface area contributed by atoms with Crippen molar-refractivity contribution in [3.63, 3.8) is 0 Å². The van der Waals surface area contributed by atoms with Gasteiger partial charge in [-0.15, -0.1) is 0 Å². The first-order valence-corrected chi connectivity index (χ1v) is 5.00. The summed E-state index contributed by atoms with van der Waals surface area (Å²) in [6.07, 6.45) is -0.0229. The Hall–Kier alpha value is -1.89. The maximum absolute atomic E-state index is 11.5. The minimum atomic E-state index is -1.29. The Balaban J connectivity index is 2.64. The van der Waals surface area contributed by atoms with Crippen LogP contribution >= 0.6 is 0 Å². The standard InChI is InChI=1S/C10H14N2O5/c1-5-7(6(2)17-12-5)3-9(14)11-8(4-13)10(15)16/h8,13H,3-4H2,1-2H3,(H,11,14)(H,15,16)/t8-/m1/s1. The minimum Gasteiger partial charge on any atom is -0.480 e. The molecule has 1 amide bonds. The topological polar surface area (TPSA) is 113 Å². The number of hydrogen-bond donors (Lipinski definition) is 3. The molecule has 0 bridgehead atoms. The lowest BCUT2D eigenvalue weighted by molar-refractivity contribution is -0.142. The smallest absolute Gasteiger partial charge is 0.328 e. The number of aryl methyl sites for hydroxylation is 2. The van der Waals surface area contributed by atoms with Crippen LogP contribution in [0.1, 0.15) is 17.0 Å². The molecule has 17 heavy (non-hydrogen) atoms.